The Balaban J connectivity index is 1.69. The van der Waals surface area contributed by atoms with Crippen molar-refractivity contribution < 1.29 is 4.79 Å². The molecule has 1 amide bonds. The van der Waals surface area contributed by atoms with Crippen LogP contribution in [0.25, 0.3) is 11.3 Å². The second kappa shape index (κ2) is 7.66. The fourth-order valence-electron chi connectivity index (χ4n) is 3.40. The Morgan fingerprint density at radius 2 is 2.00 bits per heavy atom. The fourth-order valence-corrected chi connectivity index (χ4v) is 3.40. The molecule has 5 heteroatoms. The van der Waals surface area contributed by atoms with Crippen molar-refractivity contribution in [2.24, 2.45) is 0 Å². The first-order valence-corrected chi connectivity index (χ1v) is 8.91. The Labute approximate surface area is 148 Å². The highest BCUT2D eigenvalue weighted by atomic mass is 16.2. The summed E-state index contributed by atoms with van der Waals surface area (Å²) >= 11 is 0. The minimum absolute atomic E-state index is 0.164. The largest absolute Gasteiger partial charge is 0.350 e. The number of rotatable bonds is 5. The summed E-state index contributed by atoms with van der Waals surface area (Å²) in [7, 11) is 0. The molecule has 25 heavy (non-hydrogen) atoms. The summed E-state index contributed by atoms with van der Waals surface area (Å²) in [5.41, 5.74) is 2.62. The van der Waals surface area contributed by atoms with Crippen LogP contribution in [0.3, 0.4) is 0 Å². The Morgan fingerprint density at radius 3 is 2.68 bits per heavy atom. The van der Waals surface area contributed by atoms with Crippen molar-refractivity contribution in [1.29, 1.82) is 0 Å². The van der Waals surface area contributed by atoms with Gasteiger partial charge in [0.25, 0.3) is 11.5 Å². The number of carbonyl (C=O) groups excluding carboxylic acids is 1. The lowest BCUT2D eigenvalue weighted by Crippen LogP contribution is -2.41. The summed E-state index contributed by atoms with van der Waals surface area (Å²) < 4.78 is 0. The predicted octanol–water partition coefficient (Wildman–Crippen LogP) is 2.56. The molecule has 0 spiro atoms. The molecular formula is C20H25N3O2. The van der Waals surface area contributed by atoms with Gasteiger partial charge in [-0.25, -0.2) is 0 Å². The quantitative estimate of drug-likeness (QED) is 0.880. The monoisotopic (exact) mass is 339 g/mol. The number of hydrogen-bond donors (Lipinski definition) is 2. The molecule has 1 aromatic carbocycles. The molecule has 1 fully saturated rings. The van der Waals surface area contributed by atoms with Crippen LogP contribution in [0.4, 0.5) is 0 Å². The van der Waals surface area contributed by atoms with E-state index in [0.717, 1.165) is 36.3 Å². The molecule has 2 aromatic rings. The van der Waals surface area contributed by atoms with Gasteiger partial charge in [0.2, 0.25) is 0 Å². The van der Waals surface area contributed by atoms with Crippen LogP contribution in [0.5, 0.6) is 0 Å². The summed E-state index contributed by atoms with van der Waals surface area (Å²) in [6.07, 6.45) is 2.26. The molecule has 132 valence electrons. The van der Waals surface area contributed by atoms with Crippen molar-refractivity contribution in [2.75, 3.05) is 19.6 Å². The van der Waals surface area contributed by atoms with E-state index in [4.69, 9.17) is 0 Å². The molecule has 5 nitrogen and oxygen atoms in total. The van der Waals surface area contributed by atoms with E-state index in [1.54, 1.807) is 12.1 Å². The number of nitrogens with zero attached hydrogens (tertiary/aromatic N) is 1. The number of aromatic nitrogens is 1. The van der Waals surface area contributed by atoms with Gasteiger partial charge in [0.1, 0.15) is 5.56 Å². The van der Waals surface area contributed by atoms with Crippen molar-refractivity contribution in [1.82, 2.24) is 15.2 Å². The molecule has 1 saturated heterocycles. The van der Waals surface area contributed by atoms with E-state index >= 15 is 0 Å². The van der Waals surface area contributed by atoms with Gasteiger partial charge in [-0.05, 0) is 50.6 Å². The van der Waals surface area contributed by atoms with E-state index < -0.39 is 0 Å². The summed E-state index contributed by atoms with van der Waals surface area (Å²) in [5.74, 6) is -0.306. The Kier molecular flexibility index (Phi) is 5.34. The number of hydrogen-bond acceptors (Lipinski definition) is 3. The minimum Gasteiger partial charge on any atom is -0.350 e. The molecule has 0 aliphatic carbocycles. The van der Waals surface area contributed by atoms with Gasteiger partial charge in [-0.3, -0.25) is 14.5 Å². The number of nitrogens with one attached hydrogen (secondary N) is 2. The standard InChI is InChI=1S/C20H25N3O2/c1-3-23-12-4-5-16(23)13-21-19(24)17-10-11-18(22-20(17)25)15-8-6-14(2)7-9-15/h6-11,16H,3-5,12-13H2,1-2H3,(H,21,24)(H,22,25). The number of benzene rings is 1. The molecule has 0 saturated carbocycles. The number of carbonyl (C=O) groups is 1. The van der Waals surface area contributed by atoms with Gasteiger partial charge in [0.15, 0.2) is 0 Å². The van der Waals surface area contributed by atoms with Crippen molar-refractivity contribution in [3.8, 4) is 11.3 Å². The molecule has 1 aliphatic heterocycles. The van der Waals surface area contributed by atoms with Gasteiger partial charge >= 0.3 is 0 Å². The third-order valence-electron chi connectivity index (χ3n) is 4.92. The van der Waals surface area contributed by atoms with Crippen LogP contribution in [-0.2, 0) is 0 Å². The zero-order valence-electron chi connectivity index (χ0n) is 14.8. The van der Waals surface area contributed by atoms with Crippen LogP contribution in [0, 0.1) is 6.92 Å². The lowest BCUT2D eigenvalue weighted by Gasteiger charge is -2.22. The van der Waals surface area contributed by atoms with E-state index in [-0.39, 0.29) is 17.0 Å². The average molecular weight is 339 g/mol. The molecule has 3 rings (SSSR count). The van der Waals surface area contributed by atoms with E-state index in [0.29, 0.717) is 12.6 Å². The molecule has 1 unspecified atom stereocenters. The van der Waals surface area contributed by atoms with Crippen LogP contribution >= 0.6 is 0 Å². The first kappa shape index (κ1) is 17.4. The number of aryl methyl sites for hydroxylation is 1. The molecule has 1 atom stereocenters. The van der Waals surface area contributed by atoms with Crippen LogP contribution in [0.1, 0.15) is 35.7 Å². The second-order valence-electron chi connectivity index (χ2n) is 6.62. The average Bonchev–Trinajstić information content (AvgIpc) is 3.08. The molecule has 1 aromatic heterocycles. The lowest BCUT2D eigenvalue weighted by atomic mass is 10.1. The Hall–Kier alpha value is -2.40. The summed E-state index contributed by atoms with van der Waals surface area (Å²) in [4.78, 5) is 29.9. The maximum atomic E-state index is 12.4. The predicted molar refractivity (Wildman–Crippen MR) is 99.8 cm³/mol. The minimum atomic E-state index is -0.352. The first-order valence-electron chi connectivity index (χ1n) is 8.91. The maximum Gasteiger partial charge on any atom is 0.261 e. The molecule has 1 aliphatic rings. The van der Waals surface area contributed by atoms with Crippen LogP contribution in [-0.4, -0.2) is 41.5 Å². The number of amides is 1. The molecule has 2 N–H and O–H groups in total. The van der Waals surface area contributed by atoms with E-state index in [1.807, 2.05) is 31.2 Å². The second-order valence-corrected chi connectivity index (χ2v) is 6.62. The van der Waals surface area contributed by atoms with Gasteiger partial charge in [0, 0.05) is 18.3 Å². The topological polar surface area (TPSA) is 65.2 Å². The Bertz CT molecular complexity index is 795. The van der Waals surface area contributed by atoms with Gasteiger partial charge in [-0.1, -0.05) is 36.8 Å². The van der Waals surface area contributed by atoms with Gasteiger partial charge in [-0.15, -0.1) is 0 Å². The van der Waals surface area contributed by atoms with E-state index in [1.165, 1.54) is 6.42 Å². The first-order chi connectivity index (χ1) is 12.1. The van der Waals surface area contributed by atoms with Gasteiger partial charge in [-0.2, -0.15) is 0 Å². The van der Waals surface area contributed by atoms with Crippen molar-refractivity contribution in [3.05, 3.63) is 57.9 Å². The zero-order chi connectivity index (χ0) is 17.8. The van der Waals surface area contributed by atoms with Crippen LogP contribution in [0.2, 0.25) is 0 Å². The third-order valence-corrected chi connectivity index (χ3v) is 4.92. The number of pyridine rings is 1. The number of likely N-dealkylation sites (N-methyl/N-ethyl adjacent to an activating group) is 1. The maximum absolute atomic E-state index is 12.4. The van der Waals surface area contributed by atoms with Crippen LogP contribution < -0.4 is 10.9 Å². The normalized spacial score (nSPS) is 17.6. The van der Waals surface area contributed by atoms with Crippen molar-refractivity contribution >= 4 is 5.91 Å². The molecule has 2 heterocycles. The summed E-state index contributed by atoms with van der Waals surface area (Å²) in [6, 6.07) is 11.7. The zero-order valence-corrected chi connectivity index (χ0v) is 14.8. The molecular weight excluding hydrogens is 314 g/mol. The molecule has 0 radical (unpaired) electrons. The highest BCUT2D eigenvalue weighted by Gasteiger charge is 2.23. The number of aromatic amines is 1. The summed E-state index contributed by atoms with van der Waals surface area (Å²) in [6.45, 7) is 6.82. The number of likely N-dealkylation sites (tertiary alicyclic amines) is 1. The lowest BCUT2D eigenvalue weighted by molar-refractivity contribution is 0.0940. The summed E-state index contributed by atoms with van der Waals surface area (Å²) in [5, 5.41) is 2.91. The van der Waals surface area contributed by atoms with E-state index in [2.05, 4.69) is 22.1 Å². The molecule has 0 bridgehead atoms. The number of H-pyrrole nitrogens is 1. The SMILES string of the molecule is CCN1CCCC1CNC(=O)c1ccc(-c2ccc(C)cc2)[nH]c1=O. The van der Waals surface area contributed by atoms with Crippen LogP contribution in [0.15, 0.2) is 41.2 Å². The van der Waals surface area contributed by atoms with Crippen molar-refractivity contribution in [3.63, 3.8) is 0 Å². The fraction of sp³-hybridized carbons (Fsp3) is 0.400. The highest BCUT2D eigenvalue weighted by molar-refractivity contribution is 5.94. The highest BCUT2D eigenvalue weighted by Crippen LogP contribution is 2.17. The van der Waals surface area contributed by atoms with Gasteiger partial charge in [0.05, 0.1) is 0 Å². The smallest absolute Gasteiger partial charge is 0.261 e. The van der Waals surface area contributed by atoms with Crippen molar-refractivity contribution in [2.45, 2.75) is 32.7 Å². The Morgan fingerprint density at radius 1 is 1.24 bits per heavy atom. The van der Waals surface area contributed by atoms with Gasteiger partial charge < -0.3 is 10.3 Å². The third kappa shape index (κ3) is 3.99. The van der Waals surface area contributed by atoms with E-state index in [9.17, 15) is 9.59 Å².